The Morgan fingerprint density at radius 2 is 1.02 bits per heavy atom. The predicted octanol–water partition coefficient (Wildman–Crippen LogP) is 11.8. The van der Waals surface area contributed by atoms with Gasteiger partial charge in [-0.15, -0.1) is 0 Å². The summed E-state index contributed by atoms with van der Waals surface area (Å²) in [4.78, 5) is 0. The van der Waals surface area contributed by atoms with Crippen molar-refractivity contribution in [3.8, 4) is 33.4 Å². The van der Waals surface area contributed by atoms with E-state index in [1.807, 2.05) is 18.2 Å². The van der Waals surface area contributed by atoms with Gasteiger partial charge in [-0.1, -0.05) is 140 Å². The Labute approximate surface area is 257 Å². The largest absolute Gasteiger partial charge is 0.344 e. The second-order valence-corrected chi connectivity index (χ2v) is 11.7. The maximum atomic E-state index is 7.94. The monoisotopic (exact) mass is 560 g/mol. The summed E-state index contributed by atoms with van der Waals surface area (Å²) < 4.78 is 10.3. The Kier molecular flexibility index (Phi) is 5.25. The van der Waals surface area contributed by atoms with E-state index in [4.69, 9.17) is 1.37 Å². The Bertz CT molecular complexity index is 2550. The molecule has 0 saturated heterocycles. The highest BCUT2D eigenvalue weighted by Crippen LogP contribution is 2.46. The molecule has 0 fully saturated rings. The van der Waals surface area contributed by atoms with E-state index in [9.17, 15) is 0 Å². The summed E-state index contributed by atoms with van der Waals surface area (Å²) in [6.07, 6.45) is 0. The van der Waals surface area contributed by atoms with Gasteiger partial charge in [0.05, 0.1) is 1.37 Å². The lowest BCUT2D eigenvalue weighted by Gasteiger charge is -2.18. The van der Waals surface area contributed by atoms with E-state index >= 15 is 0 Å². The van der Waals surface area contributed by atoms with Gasteiger partial charge in [0.1, 0.15) is 0 Å². The summed E-state index contributed by atoms with van der Waals surface area (Å²) in [5.74, 6) is 0. The van der Waals surface area contributed by atoms with Crippen molar-refractivity contribution in [2.45, 2.75) is 0 Å². The first kappa shape index (κ1) is 23.9. The first-order chi connectivity index (χ1) is 22.2. The van der Waals surface area contributed by atoms with E-state index in [2.05, 4.69) is 145 Å². The van der Waals surface area contributed by atoms with Crippen molar-refractivity contribution in [3.05, 3.63) is 158 Å². The molecule has 9 aromatic rings. The van der Waals surface area contributed by atoms with Crippen LogP contribution >= 0.6 is 0 Å². The van der Waals surface area contributed by atoms with Crippen molar-refractivity contribution in [2.24, 2.45) is 7.05 Å². The van der Waals surface area contributed by atoms with Crippen LogP contribution in [-0.2, 0) is 7.05 Å². The fourth-order valence-corrected chi connectivity index (χ4v) is 7.28. The number of hydrogen-bond donors (Lipinski definition) is 0. The van der Waals surface area contributed by atoms with E-state index in [0.717, 1.165) is 10.8 Å². The second kappa shape index (κ2) is 9.69. The highest BCUT2D eigenvalue weighted by molar-refractivity contribution is 6.26. The first-order valence-corrected chi connectivity index (χ1v) is 15.2. The fraction of sp³-hybridized carbons (Fsp3) is 0.0233. The minimum atomic E-state index is 0.541. The molecule has 8 aromatic carbocycles. The molecule has 0 saturated carbocycles. The Morgan fingerprint density at radius 3 is 1.75 bits per heavy atom. The van der Waals surface area contributed by atoms with E-state index in [1.54, 1.807) is 0 Å². The molecule has 0 aliphatic heterocycles. The molecular formula is C43H29N. The van der Waals surface area contributed by atoms with Crippen molar-refractivity contribution >= 4 is 54.1 Å². The minimum Gasteiger partial charge on any atom is -0.344 e. The van der Waals surface area contributed by atoms with Gasteiger partial charge < -0.3 is 4.57 Å². The van der Waals surface area contributed by atoms with Crippen LogP contribution in [0, 0.1) is 0 Å². The third-order valence-electron chi connectivity index (χ3n) is 9.33. The number of benzene rings is 8. The molecule has 0 atom stereocenters. The van der Waals surface area contributed by atoms with E-state index in [1.165, 1.54) is 76.7 Å². The van der Waals surface area contributed by atoms with E-state index < -0.39 is 0 Å². The Hall–Kier alpha value is -5.66. The van der Waals surface area contributed by atoms with Gasteiger partial charge in [0.2, 0.25) is 0 Å². The Balaban J connectivity index is 1.28. The molecule has 0 aliphatic carbocycles. The number of hydrogen-bond acceptors (Lipinski definition) is 0. The van der Waals surface area contributed by atoms with Crippen molar-refractivity contribution in [3.63, 3.8) is 0 Å². The van der Waals surface area contributed by atoms with Crippen LogP contribution in [0.25, 0.3) is 87.5 Å². The SMILES string of the molecule is [2H]c1ccc2cc(-c3ccc(-c4c5ccccc5c(-c5cccc6c5c5ccccc5n6C)c5ccccc45)cc3)ccc2c1. The normalized spacial score (nSPS) is 12.1. The lowest BCUT2D eigenvalue weighted by molar-refractivity contribution is 1.01. The summed E-state index contributed by atoms with van der Waals surface area (Å²) in [5.41, 5.74) is 9.89. The van der Waals surface area contributed by atoms with Crippen molar-refractivity contribution in [1.82, 2.24) is 4.57 Å². The van der Waals surface area contributed by atoms with Crippen molar-refractivity contribution < 1.29 is 1.37 Å². The van der Waals surface area contributed by atoms with Crippen LogP contribution in [0.3, 0.4) is 0 Å². The van der Waals surface area contributed by atoms with Gasteiger partial charge in [0.25, 0.3) is 0 Å². The molecular weight excluding hydrogens is 530 g/mol. The maximum Gasteiger partial charge on any atom is 0.0623 e. The zero-order chi connectivity index (χ0) is 30.1. The van der Waals surface area contributed by atoms with Gasteiger partial charge >= 0.3 is 0 Å². The molecule has 206 valence electrons. The molecule has 0 aliphatic rings. The number of rotatable bonds is 3. The number of aromatic nitrogens is 1. The average Bonchev–Trinajstić information content (AvgIpc) is 3.39. The molecule has 44 heavy (non-hydrogen) atoms. The fourth-order valence-electron chi connectivity index (χ4n) is 7.28. The standard InChI is InChI=1S/C43H29N/c1-44-39-19-9-8-17-37(39)43-38(18-10-20-40(43)44)42-35-15-6-4-13-33(35)41(34-14-5-7-16-36(34)42)30-24-21-29(22-25-30)32-26-23-28-11-2-3-12-31(28)27-32/h2-27H,1H3/i2D. The number of para-hydroxylation sites is 1. The Morgan fingerprint density at radius 1 is 0.432 bits per heavy atom. The smallest absolute Gasteiger partial charge is 0.0623 e. The van der Waals surface area contributed by atoms with E-state index in [-0.39, 0.29) is 0 Å². The van der Waals surface area contributed by atoms with Gasteiger partial charge in [0.15, 0.2) is 0 Å². The quantitative estimate of drug-likeness (QED) is 0.189. The third kappa shape index (κ3) is 3.66. The summed E-state index contributed by atoms with van der Waals surface area (Å²) >= 11 is 0. The van der Waals surface area contributed by atoms with E-state index in [0.29, 0.717) is 6.04 Å². The molecule has 0 radical (unpaired) electrons. The second-order valence-electron chi connectivity index (χ2n) is 11.7. The molecule has 1 heterocycles. The molecule has 0 bridgehead atoms. The molecule has 9 rings (SSSR count). The maximum absolute atomic E-state index is 7.94. The highest BCUT2D eigenvalue weighted by atomic mass is 14.9. The predicted molar refractivity (Wildman–Crippen MR) is 189 cm³/mol. The molecule has 0 unspecified atom stereocenters. The lowest BCUT2D eigenvalue weighted by atomic mass is 9.84. The molecule has 0 amide bonds. The van der Waals surface area contributed by atoms with Gasteiger partial charge in [-0.05, 0) is 83.9 Å². The van der Waals surface area contributed by atoms with Crippen LogP contribution in [0.2, 0.25) is 0 Å². The van der Waals surface area contributed by atoms with Crippen molar-refractivity contribution in [2.75, 3.05) is 0 Å². The third-order valence-corrected chi connectivity index (χ3v) is 9.33. The van der Waals surface area contributed by atoms with Crippen LogP contribution in [-0.4, -0.2) is 4.57 Å². The summed E-state index contributed by atoms with van der Waals surface area (Å²) in [6, 6.07) is 55.1. The average molecular weight is 561 g/mol. The molecule has 1 nitrogen and oxygen atoms in total. The molecule has 0 N–H and O–H groups in total. The zero-order valence-electron chi connectivity index (χ0n) is 25.4. The van der Waals surface area contributed by atoms with Gasteiger partial charge in [-0.3, -0.25) is 0 Å². The summed E-state index contributed by atoms with van der Waals surface area (Å²) in [6.45, 7) is 0. The lowest BCUT2D eigenvalue weighted by Crippen LogP contribution is -1.92. The van der Waals surface area contributed by atoms with Gasteiger partial charge in [-0.25, -0.2) is 0 Å². The van der Waals surface area contributed by atoms with Crippen LogP contribution in [0.15, 0.2) is 158 Å². The van der Waals surface area contributed by atoms with Crippen LogP contribution in [0.4, 0.5) is 0 Å². The van der Waals surface area contributed by atoms with Crippen LogP contribution in [0.1, 0.15) is 1.37 Å². The summed E-state index contributed by atoms with van der Waals surface area (Å²) in [5, 5.41) is 9.88. The molecule has 1 aromatic heterocycles. The van der Waals surface area contributed by atoms with Crippen LogP contribution in [0.5, 0.6) is 0 Å². The van der Waals surface area contributed by atoms with Crippen LogP contribution < -0.4 is 0 Å². The first-order valence-electron chi connectivity index (χ1n) is 15.7. The van der Waals surface area contributed by atoms with Gasteiger partial charge in [0, 0.05) is 28.9 Å². The highest BCUT2D eigenvalue weighted by Gasteiger charge is 2.20. The van der Waals surface area contributed by atoms with Gasteiger partial charge in [-0.2, -0.15) is 0 Å². The molecule has 1 heteroatoms. The van der Waals surface area contributed by atoms with Crippen molar-refractivity contribution in [1.29, 1.82) is 0 Å². The molecule has 0 spiro atoms. The number of nitrogens with zero attached hydrogens (tertiary/aromatic N) is 1. The minimum absolute atomic E-state index is 0.541. The summed E-state index contributed by atoms with van der Waals surface area (Å²) in [7, 11) is 2.17. The number of fused-ring (bicyclic) bond motifs is 6. The number of aryl methyl sites for hydroxylation is 1. The topological polar surface area (TPSA) is 4.93 Å². The zero-order valence-corrected chi connectivity index (χ0v) is 24.4.